The highest BCUT2D eigenvalue weighted by Crippen LogP contribution is 2.33. The normalized spacial score (nSPS) is 12.5. The summed E-state index contributed by atoms with van der Waals surface area (Å²) < 4.78 is 0. The topological polar surface area (TPSA) is 66.5 Å². The number of hydrogen-bond donors (Lipinski definition) is 3. The van der Waals surface area contributed by atoms with Crippen LogP contribution in [0.3, 0.4) is 0 Å². The fourth-order valence-corrected chi connectivity index (χ4v) is 1.22. The van der Waals surface area contributed by atoms with Crippen molar-refractivity contribution in [3.8, 4) is 11.5 Å². The Morgan fingerprint density at radius 1 is 1.38 bits per heavy atom. The second-order valence-corrected chi connectivity index (χ2v) is 2.98. The maximum atomic E-state index is 9.49. The molecule has 1 atom stereocenters. The predicted octanol–water partition coefficient (Wildman–Crippen LogP) is 1.59. The lowest BCUT2D eigenvalue weighted by Gasteiger charge is -2.11. The molecule has 13 heavy (non-hydrogen) atoms. The number of rotatable bonds is 2. The summed E-state index contributed by atoms with van der Waals surface area (Å²) in [6.07, 6.45) is 1.46. The second kappa shape index (κ2) is 3.49. The van der Waals surface area contributed by atoms with Crippen molar-refractivity contribution in [1.29, 1.82) is 0 Å². The van der Waals surface area contributed by atoms with Gasteiger partial charge in [0.25, 0.3) is 0 Å². The molecule has 0 aliphatic rings. The van der Waals surface area contributed by atoms with Crippen molar-refractivity contribution >= 4 is 0 Å². The highest BCUT2D eigenvalue weighted by atomic mass is 16.3. The van der Waals surface area contributed by atoms with Gasteiger partial charge in [-0.2, -0.15) is 0 Å². The van der Waals surface area contributed by atoms with Gasteiger partial charge in [-0.25, -0.2) is 0 Å². The van der Waals surface area contributed by atoms with Crippen LogP contribution in [-0.4, -0.2) is 10.2 Å². The molecule has 0 aromatic heterocycles. The minimum Gasteiger partial charge on any atom is -0.507 e. The first kappa shape index (κ1) is 9.61. The third-order valence-corrected chi connectivity index (χ3v) is 1.87. The summed E-state index contributed by atoms with van der Waals surface area (Å²) in [4.78, 5) is 0. The molecule has 0 saturated carbocycles. The molecular formula is C10H13NO2. The van der Waals surface area contributed by atoms with E-state index in [0.717, 1.165) is 5.56 Å². The summed E-state index contributed by atoms with van der Waals surface area (Å²) >= 11 is 0. The Hall–Kier alpha value is -1.48. The molecule has 0 unspecified atom stereocenters. The molecule has 4 N–H and O–H groups in total. The van der Waals surface area contributed by atoms with Crippen molar-refractivity contribution in [2.24, 2.45) is 5.73 Å². The minimum absolute atomic E-state index is 0.00454. The van der Waals surface area contributed by atoms with E-state index in [1.165, 1.54) is 6.08 Å². The van der Waals surface area contributed by atoms with Gasteiger partial charge in [0.05, 0.1) is 11.6 Å². The third kappa shape index (κ3) is 1.81. The van der Waals surface area contributed by atoms with Crippen LogP contribution >= 0.6 is 0 Å². The highest BCUT2D eigenvalue weighted by molar-refractivity contribution is 5.49. The van der Waals surface area contributed by atoms with E-state index in [0.29, 0.717) is 5.56 Å². The van der Waals surface area contributed by atoms with Crippen LogP contribution in [0.2, 0.25) is 0 Å². The van der Waals surface area contributed by atoms with Crippen LogP contribution < -0.4 is 5.73 Å². The van der Waals surface area contributed by atoms with E-state index in [4.69, 9.17) is 5.73 Å². The molecule has 3 heteroatoms. The van der Waals surface area contributed by atoms with Gasteiger partial charge in [-0.1, -0.05) is 6.08 Å². The molecule has 0 amide bonds. The first-order valence-corrected chi connectivity index (χ1v) is 3.97. The van der Waals surface area contributed by atoms with Crippen molar-refractivity contribution in [1.82, 2.24) is 0 Å². The molecule has 0 aliphatic carbocycles. The van der Waals surface area contributed by atoms with Crippen LogP contribution in [-0.2, 0) is 0 Å². The standard InChI is InChI=1S/C10H13NO2/c1-3-7(11)10-8(12)4-6(2)5-9(10)13/h3-5,7,12-13H,1,11H2,2H3/t7-/m1/s1. The zero-order valence-electron chi connectivity index (χ0n) is 7.49. The molecular weight excluding hydrogens is 166 g/mol. The summed E-state index contributed by atoms with van der Waals surface area (Å²) in [6.45, 7) is 5.27. The summed E-state index contributed by atoms with van der Waals surface area (Å²) in [5.41, 5.74) is 6.71. The summed E-state index contributed by atoms with van der Waals surface area (Å²) in [5, 5.41) is 19.0. The molecule has 0 spiro atoms. The number of hydrogen-bond acceptors (Lipinski definition) is 3. The van der Waals surface area contributed by atoms with Crippen LogP contribution in [0.5, 0.6) is 11.5 Å². The van der Waals surface area contributed by atoms with E-state index >= 15 is 0 Å². The molecule has 1 aromatic carbocycles. The van der Waals surface area contributed by atoms with Crippen molar-refractivity contribution < 1.29 is 10.2 Å². The van der Waals surface area contributed by atoms with Gasteiger partial charge in [-0.15, -0.1) is 6.58 Å². The summed E-state index contributed by atoms with van der Waals surface area (Å²) in [5.74, 6) is 0.00907. The first-order chi connectivity index (χ1) is 6.06. The average Bonchev–Trinajstić information content (AvgIpc) is 2.02. The van der Waals surface area contributed by atoms with Crippen LogP contribution in [0.4, 0.5) is 0 Å². The van der Waals surface area contributed by atoms with Crippen molar-refractivity contribution in [3.05, 3.63) is 35.9 Å². The van der Waals surface area contributed by atoms with E-state index in [1.54, 1.807) is 19.1 Å². The molecule has 0 aliphatic heterocycles. The SMILES string of the molecule is C=C[C@@H](N)c1c(O)cc(C)cc1O. The Kier molecular flexibility index (Phi) is 2.58. The quantitative estimate of drug-likeness (QED) is 0.604. The maximum absolute atomic E-state index is 9.49. The van der Waals surface area contributed by atoms with Crippen LogP contribution in [0, 0.1) is 6.92 Å². The second-order valence-electron chi connectivity index (χ2n) is 2.98. The fraction of sp³-hybridized carbons (Fsp3) is 0.200. The van der Waals surface area contributed by atoms with Gasteiger partial charge in [-0.3, -0.25) is 0 Å². The Balaban J connectivity index is 3.28. The van der Waals surface area contributed by atoms with Crippen LogP contribution in [0.15, 0.2) is 24.8 Å². The van der Waals surface area contributed by atoms with E-state index in [9.17, 15) is 10.2 Å². The number of aromatic hydroxyl groups is 2. The molecule has 1 aromatic rings. The lowest BCUT2D eigenvalue weighted by atomic mass is 10.0. The van der Waals surface area contributed by atoms with Gasteiger partial charge >= 0.3 is 0 Å². The molecule has 70 valence electrons. The van der Waals surface area contributed by atoms with Gasteiger partial charge in [-0.05, 0) is 24.6 Å². The van der Waals surface area contributed by atoms with E-state index in [2.05, 4.69) is 6.58 Å². The largest absolute Gasteiger partial charge is 0.507 e. The zero-order chi connectivity index (χ0) is 10.0. The molecule has 0 bridgehead atoms. The minimum atomic E-state index is -0.541. The Bertz CT molecular complexity index is 311. The predicted molar refractivity (Wildman–Crippen MR) is 51.6 cm³/mol. The Morgan fingerprint density at radius 3 is 2.23 bits per heavy atom. The van der Waals surface area contributed by atoms with Crippen LogP contribution in [0.25, 0.3) is 0 Å². The van der Waals surface area contributed by atoms with Gasteiger partial charge in [0.2, 0.25) is 0 Å². The monoisotopic (exact) mass is 179 g/mol. The Labute approximate surface area is 77.1 Å². The summed E-state index contributed by atoms with van der Waals surface area (Å²) in [6, 6.07) is 2.57. The highest BCUT2D eigenvalue weighted by Gasteiger charge is 2.13. The number of phenols is 2. The lowest BCUT2D eigenvalue weighted by molar-refractivity contribution is 0.434. The molecule has 3 nitrogen and oxygen atoms in total. The first-order valence-electron chi connectivity index (χ1n) is 3.97. The molecule has 0 fully saturated rings. The van der Waals surface area contributed by atoms with Gasteiger partial charge in [0, 0.05) is 0 Å². The number of phenolic OH excluding ortho intramolecular Hbond substituents is 2. The van der Waals surface area contributed by atoms with Crippen molar-refractivity contribution in [2.45, 2.75) is 13.0 Å². The van der Waals surface area contributed by atoms with Gasteiger partial charge < -0.3 is 15.9 Å². The van der Waals surface area contributed by atoms with Crippen molar-refractivity contribution in [3.63, 3.8) is 0 Å². The molecule has 0 saturated heterocycles. The molecule has 0 radical (unpaired) electrons. The van der Waals surface area contributed by atoms with Gasteiger partial charge in [0.1, 0.15) is 11.5 Å². The Morgan fingerprint density at radius 2 is 1.85 bits per heavy atom. The molecule has 1 rings (SSSR count). The number of nitrogens with two attached hydrogens (primary N) is 1. The smallest absolute Gasteiger partial charge is 0.124 e. The zero-order valence-corrected chi connectivity index (χ0v) is 7.49. The maximum Gasteiger partial charge on any atom is 0.124 e. The fourth-order valence-electron chi connectivity index (χ4n) is 1.22. The third-order valence-electron chi connectivity index (χ3n) is 1.87. The lowest BCUT2D eigenvalue weighted by Crippen LogP contribution is -2.07. The summed E-state index contributed by atoms with van der Waals surface area (Å²) in [7, 11) is 0. The number of benzene rings is 1. The number of aryl methyl sites for hydroxylation is 1. The van der Waals surface area contributed by atoms with E-state index < -0.39 is 6.04 Å². The average molecular weight is 179 g/mol. The van der Waals surface area contributed by atoms with E-state index in [-0.39, 0.29) is 11.5 Å². The molecule has 0 heterocycles. The van der Waals surface area contributed by atoms with Crippen molar-refractivity contribution in [2.75, 3.05) is 0 Å². The van der Waals surface area contributed by atoms with E-state index in [1.807, 2.05) is 0 Å². The van der Waals surface area contributed by atoms with Gasteiger partial charge in [0.15, 0.2) is 0 Å². The van der Waals surface area contributed by atoms with Crippen LogP contribution in [0.1, 0.15) is 17.2 Å².